The lowest BCUT2D eigenvalue weighted by atomic mass is 9.99. The number of hydrogen-bond donors (Lipinski definition) is 0. The Hall–Kier alpha value is -1.91. The lowest BCUT2D eigenvalue weighted by Gasteiger charge is -2.34. The molecule has 0 bridgehead atoms. The summed E-state index contributed by atoms with van der Waals surface area (Å²) in [6.45, 7) is 15.6. The van der Waals surface area contributed by atoms with Crippen molar-refractivity contribution in [2.75, 3.05) is 26.3 Å². The quantitative estimate of drug-likeness (QED) is 0.762. The Bertz CT molecular complexity index is 813. The van der Waals surface area contributed by atoms with Crippen LogP contribution in [0.1, 0.15) is 60.4 Å². The molecule has 3 rings (SSSR count). The van der Waals surface area contributed by atoms with Gasteiger partial charge in [0, 0.05) is 42.1 Å². The zero-order valence-electron chi connectivity index (χ0n) is 15.8. The van der Waals surface area contributed by atoms with E-state index in [9.17, 15) is 4.79 Å². The Balaban J connectivity index is 2.18. The zero-order chi connectivity index (χ0) is 18.1. The molecular formula is C21H28N2O2. The molecule has 134 valence electrons. The van der Waals surface area contributed by atoms with Gasteiger partial charge in [0.05, 0.1) is 13.2 Å². The maximum Gasteiger partial charge on any atom is 0.160 e. The summed E-state index contributed by atoms with van der Waals surface area (Å²) < 4.78 is 7.75. The molecule has 0 aromatic carbocycles. The SMILES string of the molecule is C=C(CC)c1cc2cc(C(C)=O)c(C)c(C(C)N3CCOCC3)n2c1. The van der Waals surface area contributed by atoms with E-state index in [0.717, 1.165) is 60.5 Å². The number of aromatic nitrogens is 1. The molecule has 1 atom stereocenters. The van der Waals surface area contributed by atoms with Gasteiger partial charge in [-0.1, -0.05) is 13.5 Å². The minimum atomic E-state index is 0.118. The second kappa shape index (κ2) is 7.14. The molecule has 0 saturated carbocycles. The van der Waals surface area contributed by atoms with Gasteiger partial charge in [0.25, 0.3) is 0 Å². The summed E-state index contributed by atoms with van der Waals surface area (Å²) in [7, 11) is 0. The van der Waals surface area contributed by atoms with Crippen LogP contribution in [0.5, 0.6) is 0 Å². The van der Waals surface area contributed by atoms with Crippen LogP contribution in [-0.2, 0) is 4.74 Å². The monoisotopic (exact) mass is 340 g/mol. The number of carbonyl (C=O) groups is 1. The van der Waals surface area contributed by atoms with Gasteiger partial charge in [0.15, 0.2) is 5.78 Å². The van der Waals surface area contributed by atoms with E-state index >= 15 is 0 Å². The fourth-order valence-electron chi connectivity index (χ4n) is 3.79. The molecule has 1 fully saturated rings. The number of carbonyl (C=O) groups excluding carboxylic acids is 1. The number of hydrogen-bond acceptors (Lipinski definition) is 3. The van der Waals surface area contributed by atoms with Crippen LogP contribution in [0.15, 0.2) is 24.9 Å². The molecule has 1 unspecified atom stereocenters. The predicted molar refractivity (Wildman–Crippen MR) is 102 cm³/mol. The number of ether oxygens (including phenoxy) is 1. The number of morpholine rings is 1. The standard InChI is InChI=1S/C21H28N2O2/c1-6-14(2)18-11-19-12-20(17(5)24)15(3)21(23(19)13-18)16(4)22-7-9-25-10-8-22/h11-13,16H,2,6-10H2,1,3-5H3. The van der Waals surface area contributed by atoms with Crippen molar-refractivity contribution in [1.82, 2.24) is 9.30 Å². The van der Waals surface area contributed by atoms with Crippen LogP contribution in [0.4, 0.5) is 0 Å². The van der Waals surface area contributed by atoms with Gasteiger partial charge in [-0.05, 0) is 56.0 Å². The van der Waals surface area contributed by atoms with Crippen molar-refractivity contribution >= 4 is 16.9 Å². The summed E-state index contributed by atoms with van der Waals surface area (Å²) in [5.74, 6) is 0.118. The topological polar surface area (TPSA) is 34.0 Å². The van der Waals surface area contributed by atoms with Crippen LogP contribution in [0.25, 0.3) is 11.1 Å². The zero-order valence-corrected chi connectivity index (χ0v) is 15.8. The Morgan fingerprint density at radius 2 is 2.00 bits per heavy atom. The van der Waals surface area contributed by atoms with Crippen molar-refractivity contribution in [3.63, 3.8) is 0 Å². The molecule has 0 amide bonds. The van der Waals surface area contributed by atoms with Gasteiger partial charge in [0.2, 0.25) is 0 Å². The van der Waals surface area contributed by atoms with Crippen molar-refractivity contribution in [3.8, 4) is 0 Å². The van der Waals surface area contributed by atoms with Crippen LogP contribution in [0.3, 0.4) is 0 Å². The largest absolute Gasteiger partial charge is 0.379 e. The van der Waals surface area contributed by atoms with Gasteiger partial charge in [-0.2, -0.15) is 0 Å². The molecule has 2 aromatic heterocycles. The third-order valence-corrected chi connectivity index (χ3v) is 5.39. The van der Waals surface area contributed by atoms with Crippen molar-refractivity contribution in [3.05, 3.63) is 47.3 Å². The molecule has 0 aliphatic carbocycles. The minimum Gasteiger partial charge on any atom is -0.379 e. The van der Waals surface area contributed by atoms with E-state index in [1.54, 1.807) is 6.92 Å². The number of nitrogens with zero attached hydrogens (tertiary/aromatic N) is 2. The predicted octanol–water partition coefficient (Wildman–Crippen LogP) is 4.27. The summed E-state index contributed by atoms with van der Waals surface area (Å²) in [6, 6.07) is 4.38. The second-order valence-electron chi connectivity index (χ2n) is 6.93. The lowest BCUT2D eigenvalue weighted by Crippen LogP contribution is -2.39. The summed E-state index contributed by atoms with van der Waals surface area (Å²) >= 11 is 0. The van der Waals surface area contributed by atoms with E-state index in [-0.39, 0.29) is 11.8 Å². The Labute approximate surface area is 150 Å². The molecule has 3 heterocycles. The molecule has 2 aromatic rings. The smallest absolute Gasteiger partial charge is 0.160 e. The highest BCUT2D eigenvalue weighted by Crippen LogP contribution is 2.31. The maximum atomic E-state index is 12.2. The summed E-state index contributed by atoms with van der Waals surface area (Å²) in [5, 5.41) is 0. The van der Waals surface area contributed by atoms with E-state index in [0.29, 0.717) is 0 Å². The average Bonchev–Trinajstić information content (AvgIpc) is 3.04. The lowest BCUT2D eigenvalue weighted by molar-refractivity contribution is 0.0187. The van der Waals surface area contributed by atoms with Crippen molar-refractivity contribution in [1.29, 1.82) is 0 Å². The first-order chi connectivity index (χ1) is 11.9. The van der Waals surface area contributed by atoms with Crippen molar-refractivity contribution < 1.29 is 9.53 Å². The van der Waals surface area contributed by atoms with Gasteiger partial charge in [-0.25, -0.2) is 0 Å². The first-order valence-corrected chi connectivity index (χ1v) is 9.10. The summed E-state index contributed by atoms with van der Waals surface area (Å²) in [5.41, 5.74) is 6.42. The fraction of sp³-hybridized carbons (Fsp3) is 0.476. The number of ketones is 1. The average molecular weight is 340 g/mol. The highest BCUT2D eigenvalue weighted by molar-refractivity contribution is 5.97. The molecule has 1 aliphatic heterocycles. The third kappa shape index (κ3) is 3.29. The molecule has 0 N–H and O–H groups in total. The molecule has 4 nitrogen and oxygen atoms in total. The molecule has 4 heteroatoms. The van der Waals surface area contributed by atoms with E-state index in [1.165, 1.54) is 5.69 Å². The fourth-order valence-corrected chi connectivity index (χ4v) is 3.79. The van der Waals surface area contributed by atoms with E-state index < -0.39 is 0 Å². The van der Waals surface area contributed by atoms with Crippen LogP contribution < -0.4 is 0 Å². The normalized spacial score (nSPS) is 17.0. The van der Waals surface area contributed by atoms with Crippen LogP contribution >= 0.6 is 0 Å². The van der Waals surface area contributed by atoms with Crippen LogP contribution in [0, 0.1) is 6.92 Å². The van der Waals surface area contributed by atoms with E-state index in [4.69, 9.17) is 4.74 Å². The van der Waals surface area contributed by atoms with Gasteiger partial charge in [-0.15, -0.1) is 0 Å². The first kappa shape index (κ1) is 17.9. The molecule has 0 radical (unpaired) electrons. The third-order valence-electron chi connectivity index (χ3n) is 5.39. The van der Waals surface area contributed by atoms with E-state index in [2.05, 4.69) is 48.9 Å². The van der Waals surface area contributed by atoms with Gasteiger partial charge < -0.3 is 9.14 Å². The van der Waals surface area contributed by atoms with E-state index in [1.807, 2.05) is 6.07 Å². The van der Waals surface area contributed by atoms with Gasteiger partial charge in [0.1, 0.15) is 0 Å². The Morgan fingerprint density at radius 1 is 1.32 bits per heavy atom. The number of rotatable bonds is 5. The van der Waals surface area contributed by atoms with Crippen molar-refractivity contribution in [2.45, 2.75) is 40.2 Å². The highest BCUT2D eigenvalue weighted by Gasteiger charge is 2.24. The number of Topliss-reactive ketones (excluding diaryl/α,β-unsaturated/α-hetero) is 1. The molecule has 0 spiro atoms. The van der Waals surface area contributed by atoms with Gasteiger partial charge >= 0.3 is 0 Å². The van der Waals surface area contributed by atoms with Crippen LogP contribution in [0.2, 0.25) is 0 Å². The highest BCUT2D eigenvalue weighted by atomic mass is 16.5. The minimum absolute atomic E-state index is 0.118. The van der Waals surface area contributed by atoms with Crippen LogP contribution in [-0.4, -0.2) is 41.4 Å². The summed E-state index contributed by atoms with van der Waals surface area (Å²) in [6.07, 6.45) is 3.09. The Morgan fingerprint density at radius 3 is 2.60 bits per heavy atom. The van der Waals surface area contributed by atoms with Crippen molar-refractivity contribution in [2.24, 2.45) is 0 Å². The Kier molecular flexibility index (Phi) is 5.11. The molecule has 1 saturated heterocycles. The number of allylic oxidation sites excluding steroid dienone is 1. The number of pyridine rings is 1. The van der Waals surface area contributed by atoms with Gasteiger partial charge in [-0.3, -0.25) is 9.69 Å². The molecule has 1 aliphatic rings. The summed E-state index contributed by atoms with van der Waals surface area (Å²) in [4.78, 5) is 14.6. The first-order valence-electron chi connectivity index (χ1n) is 9.10. The molecular weight excluding hydrogens is 312 g/mol. The second-order valence-corrected chi connectivity index (χ2v) is 6.93. The maximum absolute atomic E-state index is 12.2. The molecule has 25 heavy (non-hydrogen) atoms. The number of fused-ring (bicyclic) bond motifs is 1.